The second-order valence-electron chi connectivity index (χ2n) is 5.41. The third kappa shape index (κ3) is 4.75. The van der Waals surface area contributed by atoms with Gasteiger partial charge in [-0.2, -0.15) is 4.98 Å². The van der Waals surface area contributed by atoms with Gasteiger partial charge in [0.1, 0.15) is 12.1 Å². The quantitative estimate of drug-likeness (QED) is 0.622. The highest BCUT2D eigenvalue weighted by Crippen LogP contribution is 2.30. The van der Waals surface area contributed by atoms with Gasteiger partial charge in [0.15, 0.2) is 11.5 Å². The Balaban J connectivity index is 1.75. The topological polar surface area (TPSA) is 90.4 Å². The van der Waals surface area contributed by atoms with E-state index in [1.165, 1.54) is 6.33 Å². The summed E-state index contributed by atoms with van der Waals surface area (Å²) in [6, 6.07) is 13.1. The van der Waals surface area contributed by atoms with Crippen molar-refractivity contribution >= 4 is 23.3 Å². The van der Waals surface area contributed by atoms with Crippen LogP contribution in [0.25, 0.3) is 0 Å². The first kappa shape index (κ1) is 18.2. The molecule has 0 atom stereocenters. The van der Waals surface area contributed by atoms with Crippen molar-refractivity contribution in [3.05, 3.63) is 48.8 Å². The van der Waals surface area contributed by atoms with E-state index in [0.717, 1.165) is 17.1 Å². The third-order valence-electron chi connectivity index (χ3n) is 3.61. The summed E-state index contributed by atoms with van der Waals surface area (Å²) in [5.41, 5.74) is 1.59. The van der Waals surface area contributed by atoms with E-state index in [9.17, 15) is 0 Å². The lowest BCUT2D eigenvalue weighted by Gasteiger charge is -2.11. The van der Waals surface area contributed by atoms with Crippen LogP contribution < -0.4 is 24.8 Å². The number of nitrogens with zero attached hydrogens (tertiary/aromatic N) is 3. The van der Waals surface area contributed by atoms with E-state index < -0.39 is 0 Å². The van der Waals surface area contributed by atoms with Crippen LogP contribution in [0.1, 0.15) is 6.92 Å². The zero-order valence-corrected chi connectivity index (χ0v) is 15.4. The molecule has 0 aliphatic rings. The zero-order chi connectivity index (χ0) is 19.1. The fraction of sp³-hybridized carbons (Fsp3) is 0.211. The highest BCUT2D eigenvalue weighted by molar-refractivity contribution is 5.61. The molecule has 0 saturated heterocycles. The number of anilines is 4. The molecule has 0 aliphatic heterocycles. The van der Waals surface area contributed by atoms with Crippen LogP contribution in [-0.2, 0) is 0 Å². The molecule has 1 heterocycles. The van der Waals surface area contributed by atoms with Gasteiger partial charge in [-0.05, 0) is 31.2 Å². The molecule has 0 amide bonds. The van der Waals surface area contributed by atoms with Crippen LogP contribution in [-0.4, -0.2) is 35.8 Å². The fourth-order valence-corrected chi connectivity index (χ4v) is 2.42. The Kier molecular flexibility index (Phi) is 5.88. The first-order valence-corrected chi connectivity index (χ1v) is 8.39. The van der Waals surface area contributed by atoms with E-state index in [0.29, 0.717) is 30.0 Å². The molecule has 0 bridgehead atoms. The van der Waals surface area contributed by atoms with E-state index in [4.69, 9.17) is 14.2 Å². The molecule has 2 N–H and O–H groups in total. The second-order valence-corrected chi connectivity index (χ2v) is 5.41. The van der Waals surface area contributed by atoms with Crippen LogP contribution >= 0.6 is 0 Å². The maximum absolute atomic E-state index is 5.50. The first-order chi connectivity index (χ1) is 13.2. The van der Waals surface area contributed by atoms with Crippen molar-refractivity contribution in [3.8, 4) is 17.2 Å². The molecule has 2 aromatic carbocycles. The molecular formula is C19H21N5O3. The van der Waals surface area contributed by atoms with Gasteiger partial charge in [-0.25, -0.2) is 9.97 Å². The number of rotatable bonds is 8. The van der Waals surface area contributed by atoms with E-state index in [2.05, 4.69) is 25.6 Å². The number of aromatic nitrogens is 3. The van der Waals surface area contributed by atoms with Gasteiger partial charge in [0.05, 0.1) is 20.8 Å². The van der Waals surface area contributed by atoms with E-state index in [-0.39, 0.29) is 0 Å². The Morgan fingerprint density at radius 3 is 2.22 bits per heavy atom. The zero-order valence-electron chi connectivity index (χ0n) is 15.4. The molecular weight excluding hydrogens is 346 g/mol. The van der Waals surface area contributed by atoms with Crippen LogP contribution in [0.5, 0.6) is 17.2 Å². The van der Waals surface area contributed by atoms with Crippen molar-refractivity contribution in [3.63, 3.8) is 0 Å². The van der Waals surface area contributed by atoms with Crippen LogP contribution in [0.4, 0.5) is 23.3 Å². The van der Waals surface area contributed by atoms with Crippen molar-refractivity contribution in [2.24, 2.45) is 0 Å². The molecule has 3 rings (SSSR count). The maximum Gasteiger partial charge on any atom is 0.232 e. The van der Waals surface area contributed by atoms with Crippen molar-refractivity contribution in [1.82, 2.24) is 15.0 Å². The minimum atomic E-state index is 0.403. The van der Waals surface area contributed by atoms with E-state index in [1.807, 2.05) is 37.3 Å². The number of benzene rings is 2. The van der Waals surface area contributed by atoms with Crippen LogP contribution in [0.2, 0.25) is 0 Å². The van der Waals surface area contributed by atoms with Gasteiger partial charge in [0.25, 0.3) is 0 Å². The Morgan fingerprint density at radius 2 is 1.56 bits per heavy atom. The van der Waals surface area contributed by atoms with Crippen molar-refractivity contribution in [2.45, 2.75) is 6.92 Å². The van der Waals surface area contributed by atoms with Crippen molar-refractivity contribution in [2.75, 3.05) is 31.5 Å². The molecule has 8 nitrogen and oxygen atoms in total. The molecule has 0 spiro atoms. The van der Waals surface area contributed by atoms with Crippen LogP contribution in [0.15, 0.2) is 48.8 Å². The SMILES string of the molecule is CCOc1cccc(Nc2ncnc(Nc3ccc(OC)c(OC)c3)n2)c1. The van der Waals surface area contributed by atoms with Gasteiger partial charge in [0, 0.05) is 23.5 Å². The molecule has 1 aromatic heterocycles. The normalized spacial score (nSPS) is 10.2. The average Bonchev–Trinajstić information content (AvgIpc) is 2.69. The molecule has 0 radical (unpaired) electrons. The lowest BCUT2D eigenvalue weighted by Crippen LogP contribution is -2.03. The summed E-state index contributed by atoms with van der Waals surface area (Å²) in [5, 5.41) is 6.27. The largest absolute Gasteiger partial charge is 0.494 e. The molecule has 0 saturated carbocycles. The van der Waals surface area contributed by atoms with Gasteiger partial charge < -0.3 is 24.8 Å². The van der Waals surface area contributed by atoms with Crippen LogP contribution in [0.3, 0.4) is 0 Å². The number of hydrogen-bond donors (Lipinski definition) is 2. The van der Waals surface area contributed by atoms with E-state index >= 15 is 0 Å². The summed E-state index contributed by atoms with van der Waals surface area (Å²) in [5.74, 6) is 2.86. The molecule has 3 aromatic rings. The molecule has 140 valence electrons. The smallest absolute Gasteiger partial charge is 0.232 e. The van der Waals surface area contributed by atoms with Crippen molar-refractivity contribution in [1.29, 1.82) is 0 Å². The van der Waals surface area contributed by atoms with Gasteiger partial charge >= 0.3 is 0 Å². The Hall–Kier alpha value is -3.55. The number of methoxy groups -OCH3 is 2. The van der Waals surface area contributed by atoms with Crippen molar-refractivity contribution < 1.29 is 14.2 Å². The summed E-state index contributed by atoms with van der Waals surface area (Å²) in [6.07, 6.45) is 1.44. The minimum Gasteiger partial charge on any atom is -0.494 e. The monoisotopic (exact) mass is 367 g/mol. The Morgan fingerprint density at radius 1 is 0.852 bits per heavy atom. The highest BCUT2D eigenvalue weighted by atomic mass is 16.5. The van der Waals surface area contributed by atoms with Gasteiger partial charge in [-0.1, -0.05) is 6.07 Å². The predicted molar refractivity (Wildman–Crippen MR) is 104 cm³/mol. The fourth-order valence-electron chi connectivity index (χ4n) is 2.42. The predicted octanol–water partition coefficient (Wildman–Crippen LogP) is 3.77. The summed E-state index contributed by atoms with van der Waals surface area (Å²) in [4.78, 5) is 12.7. The second kappa shape index (κ2) is 8.70. The summed E-state index contributed by atoms with van der Waals surface area (Å²) in [7, 11) is 3.18. The highest BCUT2D eigenvalue weighted by Gasteiger charge is 2.07. The van der Waals surface area contributed by atoms with Gasteiger partial charge in [-0.3, -0.25) is 0 Å². The lowest BCUT2D eigenvalue weighted by molar-refractivity contribution is 0.340. The molecule has 0 fully saturated rings. The molecule has 27 heavy (non-hydrogen) atoms. The molecule has 0 aliphatic carbocycles. The van der Waals surface area contributed by atoms with Gasteiger partial charge in [0.2, 0.25) is 11.9 Å². The van der Waals surface area contributed by atoms with Crippen LogP contribution in [0, 0.1) is 0 Å². The third-order valence-corrected chi connectivity index (χ3v) is 3.61. The number of ether oxygens (including phenoxy) is 3. The minimum absolute atomic E-state index is 0.403. The Bertz CT molecular complexity index is 904. The summed E-state index contributed by atoms with van der Waals surface area (Å²) < 4.78 is 16.0. The first-order valence-electron chi connectivity index (χ1n) is 8.39. The summed E-state index contributed by atoms with van der Waals surface area (Å²) in [6.45, 7) is 2.55. The average molecular weight is 367 g/mol. The maximum atomic E-state index is 5.50. The summed E-state index contributed by atoms with van der Waals surface area (Å²) >= 11 is 0. The number of hydrogen-bond acceptors (Lipinski definition) is 8. The van der Waals surface area contributed by atoms with E-state index in [1.54, 1.807) is 26.4 Å². The number of nitrogens with one attached hydrogen (secondary N) is 2. The Labute approximate surface area is 157 Å². The van der Waals surface area contributed by atoms with Gasteiger partial charge in [-0.15, -0.1) is 0 Å². The lowest BCUT2D eigenvalue weighted by atomic mass is 10.3. The molecule has 0 unspecified atom stereocenters. The standard InChI is InChI=1S/C19H21N5O3/c1-4-27-15-7-5-6-13(10-15)22-18-20-12-21-19(24-18)23-14-8-9-16(25-2)17(11-14)26-3/h5-12H,4H2,1-3H3,(H2,20,21,22,23,24). The molecule has 8 heteroatoms.